The summed E-state index contributed by atoms with van der Waals surface area (Å²) in [7, 11) is 0. The Hall–Kier alpha value is 0.590. The molecule has 1 N–H and O–H groups in total. The number of benzene rings is 1. The highest BCUT2D eigenvalue weighted by Gasteiger charge is 2.24. The maximum absolute atomic E-state index is 6.38. The number of hydrogen-bond donors (Lipinski definition) is 1. The lowest BCUT2D eigenvalue weighted by Gasteiger charge is -2.35. The van der Waals surface area contributed by atoms with Crippen LogP contribution >= 0.6 is 59.6 Å². The van der Waals surface area contributed by atoms with Gasteiger partial charge in [0, 0.05) is 37.2 Å². The van der Waals surface area contributed by atoms with Gasteiger partial charge in [-0.25, -0.2) is 0 Å². The summed E-state index contributed by atoms with van der Waals surface area (Å²) in [6.07, 6.45) is 2.17. The van der Waals surface area contributed by atoms with E-state index >= 15 is 0 Å². The van der Waals surface area contributed by atoms with Gasteiger partial charge in [0.05, 0.1) is 10.0 Å². The lowest BCUT2D eigenvalue weighted by molar-refractivity contribution is 0.164. The first-order chi connectivity index (χ1) is 9.13. The zero-order valence-electron chi connectivity index (χ0n) is 11.9. The van der Waals surface area contributed by atoms with Crippen LogP contribution in [0.4, 0.5) is 0 Å². The maximum atomic E-state index is 6.38. The molecule has 0 bridgehead atoms. The van der Waals surface area contributed by atoms with Gasteiger partial charge in [0.15, 0.2) is 0 Å². The SMILES string of the molecule is CCC[C@H](c1cc(Cl)cc(Cl)c1Cl)N1CCNCC1.Cl.Cl. The minimum absolute atomic E-state index is 0. The normalized spacial score (nSPS) is 16.8. The summed E-state index contributed by atoms with van der Waals surface area (Å²) >= 11 is 18.7. The number of halogens is 5. The second kappa shape index (κ2) is 10.4. The molecule has 1 aromatic carbocycles. The van der Waals surface area contributed by atoms with Crippen LogP contribution in [-0.4, -0.2) is 31.1 Å². The third-order valence-electron chi connectivity index (χ3n) is 3.53. The van der Waals surface area contributed by atoms with Gasteiger partial charge >= 0.3 is 0 Å². The van der Waals surface area contributed by atoms with E-state index in [9.17, 15) is 0 Å². The van der Waals surface area contributed by atoms with Gasteiger partial charge in [0.25, 0.3) is 0 Å². The molecule has 0 unspecified atom stereocenters. The van der Waals surface area contributed by atoms with Crippen LogP contribution in [0.1, 0.15) is 31.4 Å². The summed E-state index contributed by atoms with van der Waals surface area (Å²) in [6.45, 7) is 6.30. The van der Waals surface area contributed by atoms with Gasteiger partial charge < -0.3 is 5.32 Å². The highest BCUT2D eigenvalue weighted by Crippen LogP contribution is 2.37. The van der Waals surface area contributed by atoms with Crippen molar-refractivity contribution in [1.29, 1.82) is 0 Å². The largest absolute Gasteiger partial charge is 0.314 e. The van der Waals surface area contributed by atoms with Gasteiger partial charge in [0.1, 0.15) is 0 Å². The summed E-state index contributed by atoms with van der Waals surface area (Å²) in [6, 6.07) is 3.96. The lowest BCUT2D eigenvalue weighted by atomic mass is 9.99. The maximum Gasteiger partial charge on any atom is 0.0641 e. The Morgan fingerprint density at radius 2 is 1.76 bits per heavy atom. The number of rotatable bonds is 4. The summed E-state index contributed by atoms with van der Waals surface area (Å²) in [5, 5.41) is 5.21. The first-order valence-electron chi connectivity index (χ1n) is 6.72. The van der Waals surface area contributed by atoms with Crippen molar-refractivity contribution in [3.05, 3.63) is 32.8 Å². The monoisotopic (exact) mass is 392 g/mol. The van der Waals surface area contributed by atoms with Crippen LogP contribution in [0, 0.1) is 0 Å². The molecule has 0 spiro atoms. The van der Waals surface area contributed by atoms with E-state index < -0.39 is 0 Å². The Bertz CT molecular complexity index is 436. The fourth-order valence-electron chi connectivity index (χ4n) is 2.62. The summed E-state index contributed by atoms with van der Waals surface area (Å²) in [5.74, 6) is 0. The van der Waals surface area contributed by atoms with E-state index in [0.29, 0.717) is 21.1 Å². The molecule has 1 aliphatic rings. The Labute approximate surface area is 154 Å². The Morgan fingerprint density at radius 1 is 1.14 bits per heavy atom. The minimum Gasteiger partial charge on any atom is -0.314 e. The van der Waals surface area contributed by atoms with E-state index in [0.717, 1.165) is 44.6 Å². The molecular weight excluding hydrogens is 373 g/mol. The number of hydrogen-bond acceptors (Lipinski definition) is 2. The Balaban J connectivity index is 0.00000200. The van der Waals surface area contributed by atoms with Crippen molar-refractivity contribution < 1.29 is 0 Å². The van der Waals surface area contributed by atoms with Gasteiger partial charge in [-0.3, -0.25) is 4.90 Å². The van der Waals surface area contributed by atoms with Gasteiger partial charge in [-0.1, -0.05) is 48.1 Å². The predicted octanol–water partition coefficient (Wildman–Crippen LogP) is 5.24. The number of nitrogens with one attached hydrogen (secondary N) is 1. The average Bonchev–Trinajstić information content (AvgIpc) is 2.41. The van der Waals surface area contributed by atoms with Crippen molar-refractivity contribution in [3.8, 4) is 0 Å². The molecule has 1 heterocycles. The van der Waals surface area contributed by atoms with E-state index in [2.05, 4.69) is 17.1 Å². The quantitative estimate of drug-likeness (QED) is 0.703. The van der Waals surface area contributed by atoms with Crippen LogP contribution in [-0.2, 0) is 0 Å². The zero-order valence-corrected chi connectivity index (χ0v) is 15.8. The van der Waals surface area contributed by atoms with Crippen molar-refractivity contribution in [3.63, 3.8) is 0 Å². The van der Waals surface area contributed by atoms with Crippen LogP contribution in [0.3, 0.4) is 0 Å². The zero-order chi connectivity index (χ0) is 13.8. The average molecular weight is 395 g/mol. The predicted molar refractivity (Wildman–Crippen MR) is 98.1 cm³/mol. The van der Waals surface area contributed by atoms with Gasteiger partial charge in [-0.05, 0) is 24.1 Å². The van der Waals surface area contributed by atoms with E-state index in [1.165, 1.54) is 0 Å². The first-order valence-corrected chi connectivity index (χ1v) is 7.86. The second-order valence-electron chi connectivity index (χ2n) is 4.88. The molecule has 1 fully saturated rings. The Kier molecular flexibility index (Phi) is 10.7. The highest BCUT2D eigenvalue weighted by atomic mass is 35.5. The van der Waals surface area contributed by atoms with Gasteiger partial charge in [0.2, 0.25) is 0 Å². The van der Waals surface area contributed by atoms with Crippen molar-refractivity contribution in [2.24, 2.45) is 0 Å². The summed E-state index contributed by atoms with van der Waals surface area (Å²) in [4.78, 5) is 2.47. The molecule has 2 rings (SSSR count). The lowest BCUT2D eigenvalue weighted by Crippen LogP contribution is -2.45. The fourth-order valence-corrected chi connectivity index (χ4v) is 3.36. The molecule has 0 radical (unpaired) electrons. The molecule has 0 aliphatic carbocycles. The number of piperazine rings is 1. The topological polar surface area (TPSA) is 15.3 Å². The second-order valence-corrected chi connectivity index (χ2v) is 6.10. The van der Waals surface area contributed by atoms with Gasteiger partial charge in [-0.2, -0.15) is 0 Å². The molecule has 21 heavy (non-hydrogen) atoms. The molecule has 122 valence electrons. The van der Waals surface area contributed by atoms with Crippen molar-refractivity contribution in [1.82, 2.24) is 10.2 Å². The van der Waals surface area contributed by atoms with E-state index in [1.807, 2.05) is 6.07 Å². The van der Waals surface area contributed by atoms with Crippen LogP contribution in [0.25, 0.3) is 0 Å². The molecule has 0 saturated carbocycles. The minimum atomic E-state index is 0. The first kappa shape index (κ1) is 21.6. The van der Waals surface area contributed by atoms with Crippen LogP contribution in [0.5, 0.6) is 0 Å². The molecule has 1 aliphatic heterocycles. The third-order valence-corrected chi connectivity index (χ3v) is 4.57. The van der Waals surface area contributed by atoms with Crippen LogP contribution < -0.4 is 5.32 Å². The molecular formula is C14H21Cl5N2. The smallest absolute Gasteiger partial charge is 0.0641 e. The van der Waals surface area contributed by atoms with Crippen LogP contribution in [0.2, 0.25) is 15.1 Å². The van der Waals surface area contributed by atoms with Gasteiger partial charge in [-0.15, -0.1) is 24.8 Å². The molecule has 7 heteroatoms. The summed E-state index contributed by atoms with van der Waals surface area (Å²) < 4.78 is 0. The summed E-state index contributed by atoms with van der Waals surface area (Å²) in [5.41, 5.74) is 1.06. The molecule has 1 aromatic rings. The molecule has 2 nitrogen and oxygen atoms in total. The molecule has 1 atom stereocenters. The van der Waals surface area contributed by atoms with Crippen molar-refractivity contribution in [2.75, 3.05) is 26.2 Å². The van der Waals surface area contributed by atoms with E-state index in [-0.39, 0.29) is 24.8 Å². The molecule has 0 amide bonds. The number of nitrogens with zero attached hydrogens (tertiary/aromatic N) is 1. The van der Waals surface area contributed by atoms with Crippen molar-refractivity contribution >= 4 is 59.6 Å². The van der Waals surface area contributed by atoms with Crippen LogP contribution in [0.15, 0.2) is 12.1 Å². The molecule has 0 aromatic heterocycles. The van der Waals surface area contributed by atoms with E-state index in [1.54, 1.807) is 6.07 Å². The Morgan fingerprint density at radius 3 is 2.33 bits per heavy atom. The molecule has 1 saturated heterocycles. The van der Waals surface area contributed by atoms with E-state index in [4.69, 9.17) is 34.8 Å². The fraction of sp³-hybridized carbons (Fsp3) is 0.571. The standard InChI is InChI=1S/C14H19Cl3N2.2ClH/c1-2-3-13(19-6-4-18-5-7-19)11-8-10(15)9-12(16)14(11)17;;/h8-9,13,18H,2-7H2,1H3;2*1H/t13-;;/m1../s1. The highest BCUT2D eigenvalue weighted by molar-refractivity contribution is 6.43. The van der Waals surface area contributed by atoms with Crippen molar-refractivity contribution in [2.45, 2.75) is 25.8 Å². The third kappa shape index (κ3) is 5.62.